The molecular formula is C14H11Cl2N3S2. The highest BCUT2D eigenvalue weighted by Gasteiger charge is 2.13. The number of thiophene rings is 1. The Bertz CT molecular complexity index is 817. The van der Waals surface area contributed by atoms with Gasteiger partial charge in [-0.2, -0.15) is 0 Å². The summed E-state index contributed by atoms with van der Waals surface area (Å²) in [6, 6.07) is 7.51. The number of hydrogen-bond acceptors (Lipinski definition) is 5. The lowest BCUT2D eigenvalue weighted by molar-refractivity contribution is 1.10. The molecule has 0 atom stereocenters. The average molecular weight is 356 g/mol. The number of hydrogen-bond donors (Lipinski definition) is 1. The molecule has 0 fully saturated rings. The van der Waals surface area contributed by atoms with Gasteiger partial charge in [0.2, 0.25) is 5.95 Å². The molecule has 1 N–H and O–H groups in total. The number of nitrogens with one attached hydrogen (secondary N) is 1. The van der Waals surface area contributed by atoms with Crippen LogP contribution in [-0.2, 0) is 0 Å². The molecule has 3 aromatic rings. The van der Waals surface area contributed by atoms with Crippen LogP contribution in [-0.4, -0.2) is 17.0 Å². The third-order valence-electron chi connectivity index (χ3n) is 2.80. The summed E-state index contributed by atoms with van der Waals surface area (Å²) in [7, 11) is 1.81. The maximum atomic E-state index is 6.24. The van der Waals surface area contributed by atoms with Crippen molar-refractivity contribution in [3.8, 4) is 0 Å². The van der Waals surface area contributed by atoms with Crippen molar-refractivity contribution in [3.05, 3.63) is 39.2 Å². The fourth-order valence-electron chi connectivity index (χ4n) is 1.86. The molecule has 7 heteroatoms. The Morgan fingerprint density at radius 2 is 2.00 bits per heavy atom. The average Bonchev–Trinajstić information content (AvgIpc) is 2.83. The first-order valence-electron chi connectivity index (χ1n) is 6.15. The van der Waals surface area contributed by atoms with Crippen LogP contribution in [0.2, 0.25) is 10.0 Å². The third kappa shape index (κ3) is 3.11. The van der Waals surface area contributed by atoms with E-state index in [0.29, 0.717) is 16.0 Å². The Labute approximate surface area is 140 Å². The maximum absolute atomic E-state index is 6.24. The smallest absolute Gasteiger partial charge is 0.224 e. The monoisotopic (exact) mass is 355 g/mol. The molecule has 108 valence electrons. The Hall–Kier alpha value is -1.01. The highest BCUT2D eigenvalue weighted by atomic mass is 35.5. The standard InChI is InChI=1S/C14H11Cl2N3S2/c1-7-5-9-12(20-7)18-14(17-2)19-13(9)21-11-6-8(15)3-4-10(11)16/h3-6H,1-2H3,(H,17,18,19). The molecule has 0 unspecified atom stereocenters. The van der Waals surface area contributed by atoms with Gasteiger partial charge in [-0.15, -0.1) is 11.3 Å². The van der Waals surface area contributed by atoms with Gasteiger partial charge < -0.3 is 5.32 Å². The van der Waals surface area contributed by atoms with Crippen molar-refractivity contribution in [1.29, 1.82) is 0 Å². The minimum absolute atomic E-state index is 0.602. The minimum atomic E-state index is 0.602. The Kier molecular flexibility index (Phi) is 4.26. The molecule has 0 radical (unpaired) electrons. The van der Waals surface area contributed by atoms with Gasteiger partial charge in [-0.05, 0) is 31.2 Å². The zero-order valence-electron chi connectivity index (χ0n) is 11.3. The number of nitrogens with zero attached hydrogens (tertiary/aromatic N) is 2. The van der Waals surface area contributed by atoms with E-state index in [1.807, 2.05) is 13.1 Å². The predicted octanol–water partition coefficient (Wildman–Crippen LogP) is 5.50. The lowest BCUT2D eigenvalue weighted by atomic mass is 10.4. The van der Waals surface area contributed by atoms with Gasteiger partial charge in [0.05, 0.1) is 5.02 Å². The molecule has 0 bridgehead atoms. The van der Waals surface area contributed by atoms with Gasteiger partial charge in [0, 0.05) is 27.2 Å². The molecule has 0 amide bonds. The van der Waals surface area contributed by atoms with Crippen LogP contribution >= 0.6 is 46.3 Å². The quantitative estimate of drug-likeness (QED) is 0.629. The molecule has 1 aromatic carbocycles. The van der Waals surface area contributed by atoms with Gasteiger partial charge in [-0.25, -0.2) is 9.97 Å². The second kappa shape index (κ2) is 6.01. The van der Waals surface area contributed by atoms with Gasteiger partial charge in [0.1, 0.15) is 9.86 Å². The topological polar surface area (TPSA) is 37.8 Å². The van der Waals surface area contributed by atoms with E-state index in [-0.39, 0.29) is 0 Å². The molecule has 0 aliphatic heterocycles. The molecule has 3 rings (SSSR count). The number of anilines is 1. The molecule has 0 saturated heterocycles. The Balaban J connectivity index is 2.12. The van der Waals surface area contributed by atoms with Gasteiger partial charge in [0.15, 0.2) is 0 Å². The summed E-state index contributed by atoms with van der Waals surface area (Å²) in [5.74, 6) is 0.602. The molecule has 0 spiro atoms. The van der Waals surface area contributed by atoms with Crippen molar-refractivity contribution in [2.24, 2.45) is 0 Å². The van der Waals surface area contributed by atoms with E-state index < -0.39 is 0 Å². The van der Waals surface area contributed by atoms with Crippen LogP contribution in [0.3, 0.4) is 0 Å². The zero-order chi connectivity index (χ0) is 15.0. The number of aryl methyl sites for hydroxylation is 1. The summed E-state index contributed by atoms with van der Waals surface area (Å²) in [4.78, 5) is 12.1. The first-order chi connectivity index (χ1) is 10.1. The third-order valence-corrected chi connectivity index (χ3v) is 5.49. The summed E-state index contributed by atoms with van der Waals surface area (Å²) >= 11 is 15.4. The zero-order valence-corrected chi connectivity index (χ0v) is 14.4. The van der Waals surface area contributed by atoms with Crippen LogP contribution in [0.5, 0.6) is 0 Å². The maximum Gasteiger partial charge on any atom is 0.224 e. The van der Waals surface area contributed by atoms with Crippen LogP contribution in [0.4, 0.5) is 5.95 Å². The van der Waals surface area contributed by atoms with E-state index in [4.69, 9.17) is 23.2 Å². The lowest BCUT2D eigenvalue weighted by Gasteiger charge is -2.07. The van der Waals surface area contributed by atoms with Crippen LogP contribution in [0.1, 0.15) is 4.88 Å². The van der Waals surface area contributed by atoms with E-state index in [0.717, 1.165) is 20.1 Å². The van der Waals surface area contributed by atoms with E-state index in [1.54, 1.807) is 23.5 Å². The molecule has 2 heterocycles. The van der Waals surface area contributed by atoms with Crippen molar-refractivity contribution in [2.45, 2.75) is 16.8 Å². The van der Waals surface area contributed by atoms with E-state index >= 15 is 0 Å². The summed E-state index contributed by atoms with van der Waals surface area (Å²) in [6.07, 6.45) is 0. The number of fused-ring (bicyclic) bond motifs is 1. The van der Waals surface area contributed by atoms with Crippen LogP contribution in [0, 0.1) is 6.92 Å². The van der Waals surface area contributed by atoms with E-state index in [9.17, 15) is 0 Å². The normalized spacial score (nSPS) is 11.0. The molecule has 0 aliphatic rings. The number of halogens is 2. The first-order valence-corrected chi connectivity index (χ1v) is 8.54. The molecule has 0 aliphatic carbocycles. The number of rotatable bonds is 3. The van der Waals surface area contributed by atoms with Gasteiger partial charge >= 0.3 is 0 Å². The van der Waals surface area contributed by atoms with Gasteiger partial charge in [-0.3, -0.25) is 0 Å². The van der Waals surface area contributed by atoms with Crippen molar-refractivity contribution in [1.82, 2.24) is 9.97 Å². The largest absolute Gasteiger partial charge is 0.357 e. The molecular weight excluding hydrogens is 345 g/mol. The summed E-state index contributed by atoms with van der Waals surface area (Å²) < 4.78 is 0. The van der Waals surface area contributed by atoms with Crippen molar-refractivity contribution in [3.63, 3.8) is 0 Å². The second-order valence-corrected chi connectivity index (χ2v) is 7.46. The SMILES string of the molecule is CNc1nc(Sc2cc(Cl)ccc2Cl)c2cc(C)sc2n1. The van der Waals surface area contributed by atoms with Crippen LogP contribution < -0.4 is 5.32 Å². The van der Waals surface area contributed by atoms with E-state index in [2.05, 4.69) is 28.3 Å². The number of benzene rings is 1. The van der Waals surface area contributed by atoms with Crippen LogP contribution in [0.25, 0.3) is 10.2 Å². The fraction of sp³-hybridized carbons (Fsp3) is 0.143. The molecule has 3 nitrogen and oxygen atoms in total. The van der Waals surface area contributed by atoms with Crippen molar-refractivity contribution in [2.75, 3.05) is 12.4 Å². The molecule has 21 heavy (non-hydrogen) atoms. The lowest BCUT2D eigenvalue weighted by Crippen LogP contribution is -1.97. The second-order valence-electron chi connectivity index (χ2n) is 4.36. The molecule has 0 saturated carbocycles. The highest BCUT2D eigenvalue weighted by molar-refractivity contribution is 7.99. The minimum Gasteiger partial charge on any atom is -0.357 e. The van der Waals surface area contributed by atoms with Gasteiger partial charge in [-0.1, -0.05) is 35.0 Å². The summed E-state index contributed by atoms with van der Waals surface area (Å²) in [5, 5.41) is 6.22. The van der Waals surface area contributed by atoms with Crippen LogP contribution in [0.15, 0.2) is 34.2 Å². The fourth-order valence-corrected chi connectivity index (χ4v) is 4.24. The van der Waals surface area contributed by atoms with Gasteiger partial charge in [0.25, 0.3) is 0 Å². The Morgan fingerprint density at radius 3 is 2.76 bits per heavy atom. The van der Waals surface area contributed by atoms with E-state index in [1.165, 1.54) is 16.6 Å². The number of aromatic nitrogens is 2. The first kappa shape index (κ1) is 14.9. The molecule has 2 aromatic heterocycles. The van der Waals surface area contributed by atoms with Crippen molar-refractivity contribution < 1.29 is 0 Å². The predicted molar refractivity (Wildman–Crippen MR) is 92.3 cm³/mol. The van der Waals surface area contributed by atoms with Crippen molar-refractivity contribution >= 4 is 62.5 Å². The summed E-state index contributed by atoms with van der Waals surface area (Å²) in [5.41, 5.74) is 0. The highest BCUT2D eigenvalue weighted by Crippen LogP contribution is 2.39. The summed E-state index contributed by atoms with van der Waals surface area (Å²) in [6.45, 7) is 2.06. The Morgan fingerprint density at radius 1 is 1.19 bits per heavy atom.